The number of phenolic OH excluding ortho intramolecular Hbond substituents is 1. The number of aromatic hydroxyl groups is 1. The van der Waals surface area contributed by atoms with Crippen molar-refractivity contribution in [1.82, 2.24) is 0 Å². The first kappa shape index (κ1) is 10.7. The Kier molecular flexibility index (Phi) is 4.64. The van der Waals surface area contributed by atoms with Gasteiger partial charge < -0.3 is 5.11 Å². The van der Waals surface area contributed by atoms with E-state index in [1.807, 2.05) is 18.2 Å². The molecular formula is C13H16O. The molecule has 0 heterocycles. The Morgan fingerprint density at radius 1 is 1.21 bits per heavy atom. The summed E-state index contributed by atoms with van der Waals surface area (Å²) in [5.74, 6) is 2.99. The number of rotatable bonds is 5. The van der Waals surface area contributed by atoms with Gasteiger partial charge in [-0.15, -0.1) is 12.3 Å². The highest BCUT2D eigenvalue weighted by Gasteiger charge is 1.94. The average Bonchev–Trinajstić information content (AvgIpc) is 2.18. The van der Waals surface area contributed by atoms with Crippen molar-refractivity contribution < 1.29 is 5.11 Å². The lowest BCUT2D eigenvalue weighted by molar-refractivity contribution is 0.474. The van der Waals surface area contributed by atoms with Crippen molar-refractivity contribution in [1.29, 1.82) is 0 Å². The van der Waals surface area contributed by atoms with Crippen molar-refractivity contribution >= 4 is 0 Å². The third-order valence-electron chi connectivity index (χ3n) is 2.20. The molecule has 0 saturated heterocycles. The van der Waals surface area contributed by atoms with E-state index < -0.39 is 0 Å². The first-order chi connectivity index (χ1) is 6.83. The second-order valence-electron chi connectivity index (χ2n) is 3.43. The van der Waals surface area contributed by atoms with Gasteiger partial charge in [-0.25, -0.2) is 0 Å². The maximum atomic E-state index is 9.23. The highest BCUT2D eigenvalue weighted by Crippen LogP contribution is 2.13. The normalized spacial score (nSPS) is 9.64. The van der Waals surface area contributed by atoms with Crippen molar-refractivity contribution in [3.63, 3.8) is 0 Å². The van der Waals surface area contributed by atoms with Gasteiger partial charge in [0.2, 0.25) is 0 Å². The molecule has 0 radical (unpaired) electrons. The molecule has 1 rings (SSSR count). The van der Waals surface area contributed by atoms with Crippen LogP contribution in [0.4, 0.5) is 0 Å². The molecule has 14 heavy (non-hydrogen) atoms. The number of unbranched alkanes of at least 4 members (excludes halogenated alkanes) is 3. The van der Waals surface area contributed by atoms with Gasteiger partial charge in [0.25, 0.3) is 0 Å². The molecule has 1 nitrogen and oxygen atoms in total. The van der Waals surface area contributed by atoms with Crippen LogP contribution in [0.5, 0.6) is 5.75 Å². The fourth-order valence-corrected chi connectivity index (χ4v) is 1.44. The van der Waals surface area contributed by atoms with Crippen LogP contribution in [0.1, 0.15) is 31.2 Å². The molecule has 0 aliphatic carbocycles. The van der Waals surface area contributed by atoms with E-state index in [1.54, 1.807) is 6.07 Å². The molecule has 0 atom stereocenters. The minimum absolute atomic E-state index is 0.353. The third kappa shape index (κ3) is 4.00. The molecule has 1 aromatic rings. The summed E-state index contributed by atoms with van der Waals surface area (Å²) >= 11 is 0. The smallest absolute Gasteiger partial charge is 0.115 e. The number of hydrogen-bond donors (Lipinski definition) is 1. The zero-order valence-electron chi connectivity index (χ0n) is 8.37. The molecule has 0 spiro atoms. The molecule has 0 aliphatic heterocycles. The number of hydrogen-bond acceptors (Lipinski definition) is 1. The van der Waals surface area contributed by atoms with Gasteiger partial charge in [0, 0.05) is 6.42 Å². The monoisotopic (exact) mass is 188 g/mol. The Morgan fingerprint density at radius 2 is 2.07 bits per heavy atom. The summed E-state index contributed by atoms with van der Waals surface area (Å²) in [6.45, 7) is 0. The molecule has 0 bridgehead atoms. The van der Waals surface area contributed by atoms with E-state index in [0.717, 1.165) is 25.7 Å². The van der Waals surface area contributed by atoms with Gasteiger partial charge >= 0.3 is 0 Å². The summed E-state index contributed by atoms with van der Waals surface area (Å²) in [6.07, 6.45) is 10.5. The maximum absolute atomic E-state index is 9.23. The van der Waals surface area contributed by atoms with E-state index in [1.165, 1.54) is 12.0 Å². The van der Waals surface area contributed by atoms with Crippen LogP contribution < -0.4 is 0 Å². The van der Waals surface area contributed by atoms with Crippen molar-refractivity contribution in [3.8, 4) is 18.1 Å². The topological polar surface area (TPSA) is 20.2 Å². The van der Waals surface area contributed by atoms with Gasteiger partial charge in [0.1, 0.15) is 5.75 Å². The van der Waals surface area contributed by atoms with Crippen LogP contribution in [0.2, 0.25) is 0 Å². The highest BCUT2D eigenvalue weighted by atomic mass is 16.3. The summed E-state index contributed by atoms with van der Waals surface area (Å²) in [5.41, 5.74) is 1.20. The molecule has 0 amide bonds. The lowest BCUT2D eigenvalue weighted by atomic mass is 10.1. The first-order valence-electron chi connectivity index (χ1n) is 5.04. The van der Waals surface area contributed by atoms with Crippen LogP contribution >= 0.6 is 0 Å². The molecule has 1 heteroatoms. The molecule has 0 saturated carbocycles. The Balaban J connectivity index is 2.22. The van der Waals surface area contributed by atoms with E-state index in [-0.39, 0.29) is 0 Å². The van der Waals surface area contributed by atoms with E-state index in [9.17, 15) is 5.11 Å². The van der Waals surface area contributed by atoms with Crippen LogP contribution in [0.3, 0.4) is 0 Å². The van der Waals surface area contributed by atoms with Crippen LogP contribution in [-0.2, 0) is 6.42 Å². The van der Waals surface area contributed by atoms with Crippen molar-refractivity contribution in [2.24, 2.45) is 0 Å². The maximum Gasteiger partial charge on any atom is 0.115 e. The van der Waals surface area contributed by atoms with E-state index >= 15 is 0 Å². The summed E-state index contributed by atoms with van der Waals surface area (Å²) in [5, 5.41) is 9.23. The summed E-state index contributed by atoms with van der Waals surface area (Å²) in [6, 6.07) is 7.44. The fraction of sp³-hybridized carbons (Fsp3) is 0.385. The Bertz CT molecular complexity index is 309. The van der Waals surface area contributed by atoms with Crippen molar-refractivity contribution in [3.05, 3.63) is 29.8 Å². The molecule has 0 unspecified atom stereocenters. The minimum Gasteiger partial charge on any atom is -0.508 e. The number of terminal acetylenes is 1. The summed E-state index contributed by atoms with van der Waals surface area (Å²) < 4.78 is 0. The molecule has 0 aliphatic rings. The molecular weight excluding hydrogens is 172 g/mol. The average molecular weight is 188 g/mol. The highest BCUT2D eigenvalue weighted by molar-refractivity contribution is 5.27. The van der Waals surface area contributed by atoms with Gasteiger partial charge in [-0.3, -0.25) is 0 Å². The quantitative estimate of drug-likeness (QED) is 0.556. The summed E-state index contributed by atoms with van der Waals surface area (Å²) in [4.78, 5) is 0. The Morgan fingerprint density at radius 3 is 2.79 bits per heavy atom. The minimum atomic E-state index is 0.353. The number of benzene rings is 1. The molecule has 1 N–H and O–H groups in total. The predicted molar refractivity (Wildman–Crippen MR) is 59.1 cm³/mol. The van der Waals surface area contributed by atoms with Crippen LogP contribution in [0, 0.1) is 12.3 Å². The summed E-state index contributed by atoms with van der Waals surface area (Å²) in [7, 11) is 0. The van der Waals surface area contributed by atoms with Gasteiger partial charge in [0.05, 0.1) is 0 Å². The van der Waals surface area contributed by atoms with Gasteiger partial charge in [-0.1, -0.05) is 18.6 Å². The lowest BCUT2D eigenvalue weighted by Crippen LogP contribution is -1.85. The first-order valence-corrected chi connectivity index (χ1v) is 5.04. The Hall–Kier alpha value is -1.42. The third-order valence-corrected chi connectivity index (χ3v) is 2.20. The number of aryl methyl sites for hydroxylation is 1. The van der Waals surface area contributed by atoms with E-state index in [4.69, 9.17) is 6.42 Å². The SMILES string of the molecule is C#CCCCCCc1cccc(O)c1. The zero-order valence-corrected chi connectivity index (χ0v) is 8.37. The van der Waals surface area contributed by atoms with Gasteiger partial charge in [-0.2, -0.15) is 0 Å². The molecule has 74 valence electrons. The largest absolute Gasteiger partial charge is 0.508 e. The van der Waals surface area contributed by atoms with Crippen LogP contribution in [0.15, 0.2) is 24.3 Å². The lowest BCUT2D eigenvalue weighted by Gasteiger charge is -2.01. The van der Waals surface area contributed by atoms with E-state index in [2.05, 4.69) is 5.92 Å². The molecule has 1 aromatic carbocycles. The fourth-order valence-electron chi connectivity index (χ4n) is 1.44. The predicted octanol–water partition coefficient (Wildman–Crippen LogP) is 3.13. The standard InChI is InChI=1S/C13H16O/c1-2-3-4-5-6-8-12-9-7-10-13(14)11-12/h1,7,9-11,14H,3-6,8H2. The van der Waals surface area contributed by atoms with Crippen molar-refractivity contribution in [2.45, 2.75) is 32.1 Å². The van der Waals surface area contributed by atoms with Crippen molar-refractivity contribution in [2.75, 3.05) is 0 Å². The molecule has 0 fully saturated rings. The van der Waals surface area contributed by atoms with Gasteiger partial charge in [0.15, 0.2) is 0 Å². The Labute approximate surface area is 85.8 Å². The van der Waals surface area contributed by atoms with Crippen LogP contribution in [0.25, 0.3) is 0 Å². The van der Waals surface area contributed by atoms with E-state index in [0.29, 0.717) is 5.75 Å². The second-order valence-corrected chi connectivity index (χ2v) is 3.43. The number of phenols is 1. The molecule has 0 aromatic heterocycles. The second kappa shape index (κ2) is 6.10. The zero-order chi connectivity index (χ0) is 10.2. The van der Waals surface area contributed by atoms with Gasteiger partial charge in [-0.05, 0) is 37.0 Å². The van der Waals surface area contributed by atoms with Crippen LogP contribution in [-0.4, -0.2) is 5.11 Å².